The van der Waals surface area contributed by atoms with E-state index in [9.17, 15) is 8.42 Å². The van der Waals surface area contributed by atoms with Crippen LogP contribution in [0.5, 0.6) is 0 Å². The zero-order valence-corrected chi connectivity index (χ0v) is 10.7. The minimum Gasteiger partial charge on any atom is -0.212 e. The molecule has 0 aromatic carbocycles. The molecule has 1 saturated carbocycles. The zero-order valence-electron chi connectivity index (χ0n) is 9.86. The van der Waals surface area contributed by atoms with Crippen molar-refractivity contribution in [3.05, 3.63) is 0 Å². The summed E-state index contributed by atoms with van der Waals surface area (Å²) >= 11 is 0. The van der Waals surface area contributed by atoms with Gasteiger partial charge >= 0.3 is 0 Å². The molecule has 2 fully saturated rings. The molecule has 0 N–H and O–H groups in total. The van der Waals surface area contributed by atoms with Crippen molar-refractivity contribution in [2.45, 2.75) is 58.5 Å². The van der Waals surface area contributed by atoms with Crippen LogP contribution in [0.3, 0.4) is 0 Å². The van der Waals surface area contributed by atoms with Crippen molar-refractivity contribution in [1.82, 2.24) is 4.31 Å². The van der Waals surface area contributed by atoms with Gasteiger partial charge in [-0.3, -0.25) is 0 Å². The standard InChI is InChI=1S/C11H21NO2S/c1-11(2,3)7-8-15(13,14)12-9-5-4-6-10(9)12/h9-10H,4-8H2,1-3H3/t9-,10-/m0/s1. The van der Waals surface area contributed by atoms with Gasteiger partial charge in [-0.2, -0.15) is 4.31 Å². The molecule has 0 amide bonds. The van der Waals surface area contributed by atoms with Crippen molar-refractivity contribution in [2.24, 2.45) is 5.41 Å². The van der Waals surface area contributed by atoms with Crippen LogP contribution in [-0.2, 0) is 10.0 Å². The van der Waals surface area contributed by atoms with E-state index >= 15 is 0 Å². The maximum absolute atomic E-state index is 12.0. The second-order valence-electron chi connectivity index (χ2n) is 6.02. The van der Waals surface area contributed by atoms with Gasteiger partial charge in [-0.05, 0) is 24.7 Å². The highest BCUT2D eigenvalue weighted by Crippen LogP contribution is 2.45. The molecule has 1 aliphatic carbocycles. The molecule has 1 aliphatic heterocycles. The number of nitrogens with zero attached hydrogens (tertiary/aromatic N) is 1. The van der Waals surface area contributed by atoms with E-state index in [4.69, 9.17) is 0 Å². The third-order valence-electron chi connectivity index (χ3n) is 3.44. The summed E-state index contributed by atoms with van der Waals surface area (Å²) in [6.07, 6.45) is 4.13. The number of sulfonamides is 1. The van der Waals surface area contributed by atoms with E-state index in [2.05, 4.69) is 20.8 Å². The molecule has 0 aromatic rings. The first-order chi connectivity index (χ1) is 6.81. The third kappa shape index (κ3) is 2.36. The minimum absolute atomic E-state index is 0.109. The maximum atomic E-state index is 12.0. The molecule has 2 atom stereocenters. The fraction of sp³-hybridized carbons (Fsp3) is 1.00. The molecular weight excluding hydrogens is 210 g/mol. The smallest absolute Gasteiger partial charge is 0.212 e. The number of fused-ring (bicyclic) bond motifs is 1. The third-order valence-corrected chi connectivity index (χ3v) is 5.34. The van der Waals surface area contributed by atoms with Crippen LogP contribution < -0.4 is 0 Å². The summed E-state index contributed by atoms with van der Waals surface area (Å²) in [5.41, 5.74) is 0.109. The van der Waals surface area contributed by atoms with Gasteiger partial charge in [0.25, 0.3) is 0 Å². The fourth-order valence-electron chi connectivity index (χ4n) is 2.44. The lowest BCUT2D eigenvalue weighted by Gasteiger charge is -2.18. The van der Waals surface area contributed by atoms with E-state index in [-0.39, 0.29) is 5.41 Å². The molecule has 0 aromatic heterocycles. The lowest BCUT2D eigenvalue weighted by atomic mass is 9.94. The molecule has 88 valence electrons. The lowest BCUT2D eigenvalue weighted by Crippen LogP contribution is -2.23. The lowest BCUT2D eigenvalue weighted by molar-refractivity contribution is 0.393. The van der Waals surface area contributed by atoms with Crippen LogP contribution >= 0.6 is 0 Å². The molecule has 0 unspecified atom stereocenters. The van der Waals surface area contributed by atoms with Crippen molar-refractivity contribution in [3.8, 4) is 0 Å². The second-order valence-corrected chi connectivity index (χ2v) is 8.02. The Morgan fingerprint density at radius 1 is 1.20 bits per heavy atom. The van der Waals surface area contributed by atoms with E-state index in [1.54, 1.807) is 4.31 Å². The molecule has 15 heavy (non-hydrogen) atoms. The predicted molar refractivity (Wildman–Crippen MR) is 61.1 cm³/mol. The largest absolute Gasteiger partial charge is 0.214 e. The number of hydrogen-bond acceptors (Lipinski definition) is 2. The van der Waals surface area contributed by atoms with E-state index in [1.807, 2.05) is 0 Å². The summed E-state index contributed by atoms with van der Waals surface area (Å²) in [6, 6.07) is 0.741. The molecule has 0 spiro atoms. The average molecular weight is 231 g/mol. The Hall–Kier alpha value is -0.0900. The Bertz CT molecular complexity index is 332. The summed E-state index contributed by atoms with van der Waals surface area (Å²) in [5, 5.41) is 0. The Labute approximate surface area is 92.9 Å². The van der Waals surface area contributed by atoms with Crippen molar-refractivity contribution in [3.63, 3.8) is 0 Å². The fourth-order valence-corrected chi connectivity index (χ4v) is 4.78. The summed E-state index contributed by atoms with van der Waals surface area (Å²) in [7, 11) is -2.95. The molecule has 0 bridgehead atoms. The van der Waals surface area contributed by atoms with Crippen LogP contribution in [-0.4, -0.2) is 30.6 Å². The topological polar surface area (TPSA) is 37.1 Å². The average Bonchev–Trinajstić information content (AvgIpc) is 2.60. The van der Waals surface area contributed by atoms with Gasteiger partial charge in [0.1, 0.15) is 0 Å². The van der Waals surface area contributed by atoms with Gasteiger partial charge in [-0.15, -0.1) is 0 Å². The molecule has 3 nitrogen and oxygen atoms in total. The van der Waals surface area contributed by atoms with Gasteiger partial charge in [0.15, 0.2) is 0 Å². The summed E-state index contributed by atoms with van der Waals surface area (Å²) in [6.45, 7) is 6.27. The molecule has 4 heteroatoms. The van der Waals surface area contributed by atoms with E-state index in [0.717, 1.165) is 19.3 Å². The van der Waals surface area contributed by atoms with Crippen LogP contribution in [0, 0.1) is 5.41 Å². The minimum atomic E-state index is -2.95. The summed E-state index contributed by atoms with van der Waals surface area (Å²) in [4.78, 5) is 0. The van der Waals surface area contributed by atoms with Crippen LogP contribution in [0.4, 0.5) is 0 Å². The van der Waals surface area contributed by atoms with Gasteiger partial charge in [-0.25, -0.2) is 8.42 Å². The van der Waals surface area contributed by atoms with Crippen LogP contribution in [0.1, 0.15) is 46.5 Å². The van der Waals surface area contributed by atoms with Crippen molar-refractivity contribution in [1.29, 1.82) is 0 Å². The highest BCUT2D eigenvalue weighted by Gasteiger charge is 2.56. The van der Waals surface area contributed by atoms with Crippen molar-refractivity contribution >= 4 is 10.0 Å². The maximum Gasteiger partial charge on any atom is 0.214 e. The molecular formula is C11H21NO2S. The predicted octanol–water partition coefficient (Wildman–Crippen LogP) is 1.99. The summed E-state index contributed by atoms with van der Waals surface area (Å²) < 4.78 is 25.7. The highest BCUT2D eigenvalue weighted by atomic mass is 32.2. The first kappa shape index (κ1) is 11.4. The second kappa shape index (κ2) is 3.45. The normalized spacial score (nSPS) is 35.3. The van der Waals surface area contributed by atoms with Gasteiger partial charge in [0, 0.05) is 12.1 Å². The van der Waals surface area contributed by atoms with Crippen molar-refractivity contribution < 1.29 is 8.42 Å². The molecule has 1 heterocycles. The van der Waals surface area contributed by atoms with E-state index < -0.39 is 10.0 Å². The number of piperidine rings is 1. The zero-order chi connectivity index (χ0) is 11.3. The van der Waals surface area contributed by atoms with Gasteiger partial charge in [0.2, 0.25) is 10.0 Å². The van der Waals surface area contributed by atoms with E-state index in [1.165, 1.54) is 6.42 Å². The Morgan fingerprint density at radius 3 is 2.20 bits per heavy atom. The van der Waals surface area contributed by atoms with Crippen LogP contribution in [0.15, 0.2) is 0 Å². The van der Waals surface area contributed by atoms with Gasteiger partial charge < -0.3 is 0 Å². The highest BCUT2D eigenvalue weighted by molar-refractivity contribution is 7.89. The summed E-state index contributed by atoms with van der Waals surface area (Å²) in [5.74, 6) is 0.323. The first-order valence-corrected chi connectivity index (χ1v) is 7.43. The van der Waals surface area contributed by atoms with E-state index in [0.29, 0.717) is 17.8 Å². The molecule has 2 aliphatic rings. The van der Waals surface area contributed by atoms with Gasteiger partial charge in [0.05, 0.1) is 5.75 Å². The monoisotopic (exact) mass is 231 g/mol. The molecule has 2 rings (SSSR count). The molecule has 1 saturated heterocycles. The Kier molecular flexibility index (Phi) is 2.62. The Balaban J connectivity index is 1.92. The quantitative estimate of drug-likeness (QED) is 0.697. The van der Waals surface area contributed by atoms with Gasteiger partial charge in [-0.1, -0.05) is 27.2 Å². The van der Waals surface area contributed by atoms with Crippen LogP contribution in [0.25, 0.3) is 0 Å². The SMILES string of the molecule is CC(C)(C)CCS(=O)(=O)N1[C@H]2CCC[C@@H]21. The Morgan fingerprint density at radius 2 is 1.73 bits per heavy atom. The van der Waals surface area contributed by atoms with Crippen LogP contribution in [0.2, 0.25) is 0 Å². The first-order valence-electron chi connectivity index (χ1n) is 5.82. The van der Waals surface area contributed by atoms with Crippen molar-refractivity contribution in [2.75, 3.05) is 5.75 Å². The number of hydrogen-bond donors (Lipinski definition) is 0. The number of rotatable bonds is 3. The molecule has 0 radical (unpaired) electrons.